The van der Waals surface area contributed by atoms with Crippen LogP contribution in [0, 0.1) is 19.7 Å². The number of rotatable bonds is 3. The molecule has 2 rings (SSSR count). The van der Waals surface area contributed by atoms with E-state index in [4.69, 9.17) is 0 Å². The second-order valence-corrected chi connectivity index (χ2v) is 4.55. The fraction of sp³-hybridized carbons (Fsp3) is 0.267. The molecular formula is C15H16FNO. The molecule has 2 nitrogen and oxygen atoms in total. The van der Waals surface area contributed by atoms with Gasteiger partial charge in [-0.1, -0.05) is 12.1 Å². The molecule has 0 aliphatic heterocycles. The van der Waals surface area contributed by atoms with E-state index in [9.17, 15) is 9.18 Å². The van der Waals surface area contributed by atoms with E-state index in [-0.39, 0.29) is 11.9 Å². The Hall–Kier alpha value is -1.90. The highest BCUT2D eigenvalue weighted by Gasteiger charge is 2.15. The highest BCUT2D eigenvalue weighted by Crippen LogP contribution is 2.25. The van der Waals surface area contributed by atoms with Crippen molar-refractivity contribution in [2.45, 2.75) is 26.8 Å². The average Bonchev–Trinajstić information content (AvgIpc) is 2.63. The van der Waals surface area contributed by atoms with Crippen LogP contribution < -0.4 is 0 Å². The normalized spacial score (nSPS) is 12.4. The SMILES string of the molecule is Cc1cc(C=O)c(C)n1C(C)c1cccc(F)c1. The van der Waals surface area contributed by atoms with E-state index in [1.54, 1.807) is 6.07 Å². The van der Waals surface area contributed by atoms with Crippen LogP contribution in [0.15, 0.2) is 30.3 Å². The van der Waals surface area contributed by atoms with Crippen LogP contribution in [0.3, 0.4) is 0 Å². The van der Waals surface area contributed by atoms with Crippen LogP contribution in [-0.4, -0.2) is 10.9 Å². The minimum Gasteiger partial charge on any atom is -0.341 e. The molecule has 1 atom stereocenters. The number of hydrogen-bond acceptors (Lipinski definition) is 1. The third kappa shape index (κ3) is 2.08. The van der Waals surface area contributed by atoms with Gasteiger partial charge in [-0.25, -0.2) is 4.39 Å². The second-order valence-electron chi connectivity index (χ2n) is 4.55. The molecule has 0 radical (unpaired) electrons. The van der Waals surface area contributed by atoms with Crippen LogP contribution in [-0.2, 0) is 0 Å². The first-order chi connectivity index (χ1) is 8.54. The molecule has 1 aromatic heterocycles. The molecule has 0 aliphatic carbocycles. The van der Waals surface area contributed by atoms with Gasteiger partial charge in [0.25, 0.3) is 0 Å². The predicted molar refractivity (Wildman–Crippen MR) is 69.5 cm³/mol. The summed E-state index contributed by atoms with van der Waals surface area (Å²) in [5.41, 5.74) is 3.51. The Morgan fingerprint density at radius 2 is 2.00 bits per heavy atom. The maximum atomic E-state index is 13.3. The standard InChI is InChI=1S/C15H16FNO/c1-10-7-14(9-18)12(3)17(10)11(2)13-5-4-6-15(16)8-13/h4-9,11H,1-3H3. The first-order valence-electron chi connectivity index (χ1n) is 5.93. The van der Waals surface area contributed by atoms with Crippen LogP contribution in [0.2, 0.25) is 0 Å². The number of carbonyl (C=O) groups excluding carboxylic acids is 1. The van der Waals surface area contributed by atoms with E-state index < -0.39 is 0 Å². The summed E-state index contributed by atoms with van der Waals surface area (Å²) < 4.78 is 15.3. The number of aldehydes is 1. The molecule has 0 amide bonds. The zero-order valence-corrected chi connectivity index (χ0v) is 10.8. The maximum Gasteiger partial charge on any atom is 0.151 e. The first kappa shape index (κ1) is 12.6. The Morgan fingerprint density at radius 3 is 2.56 bits per heavy atom. The lowest BCUT2D eigenvalue weighted by Gasteiger charge is -2.19. The Morgan fingerprint density at radius 1 is 1.28 bits per heavy atom. The van der Waals surface area contributed by atoms with E-state index in [1.807, 2.05) is 32.9 Å². The van der Waals surface area contributed by atoms with Gasteiger partial charge in [-0.15, -0.1) is 0 Å². The molecule has 1 heterocycles. The maximum absolute atomic E-state index is 13.3. The van der Waals surface area contributed by atoms with E-state index in [0.717, 1.165) is 23.2 Å². The van der Waals surface area contributed by atoms with Crippen LogP contribution in [0.25, 0.3) is 0 Å². The number of halogens is 1. The number of aryl methyl sites for hydroxylation is 1. The molecule has 2 aromatic rings. The van der Waals surface area contributed by atoms with Gasteiger partial charge in [0.1, 0.15) is 5.82 Å². The van der Waals surface area contributed by atoms with Crippen molar-refractivity contribution in [3.8, 4) is 0 Å². The van der Waals surface area contributed by atoms with Crippen molar-refractivity contribution in [2.24, 2.45) is 0 Å². The van der Waals surface area contributed by atoms with Gasteiger partial charge in [0, 0.05) is 17.0 Å². The molecule has 0 spiro atoms. The molecule has 0 N–H and O–H groups in total. The summed E-state index contributed by atoms with van der Waals surface area (Å²) in [6.07, 6.45) is 0.858. The molecule has 0 fully saturated rings. The van der Waals surface area contributed by atoms with Crippen molar-refractivity contribution in [3.05, 3.63) is 58.7 Å². The van der Waals surface area contributed by atoms with Crippen molar-refractivity contribution >= 4 is 6.29 Å². The molecule has 3 heteroatoms. The van der Waals surface area contributed by atoms with Crippen LogP contribution in [0.4, 0.5) is 4.39 Å². The predicted octanol–water partition coefficient (Wildman–Crippen LogP) is 3.67. The molecule has 1 unspecified atom stereocenters. The molecule has 18 heavy (non-hydrogen) atoms. The summed E-state index contributed by atoms with van der Waals surface area (Å²) in [5.74, 6) is -0.238. The second kappa shape index (κ2) is 4.77. The van der Waals surface area contributed by atoms with Crippen LogP contribution >= 0.6 is 0 Å². The van der Waals surface area contributed by atoms with Crippen molar-refractivity contribution in [2.75, 3.05) is 0 Å². The summed E-state index contributed by atoms with van der Waals surface area (Å²) >= 11 is 0. The number of aromatic nitrogens is 1. The smallest absolute Gasteiger partial charge is 0.151 e. The molecule has 0 saturated carbocycles. The highest BCUT2D eigenvalue weighted by atomic mass is 19.1. The third-order valence-electron chi connectivity index (χ3n) is 3.37. The van der Waals surface area contributed by atoms with Gasteiger partial charge < -0.3 is 4.57 Å². The molecule has 1 aromatic carbocycles. The van der Waals surface area contributed by atoms with Crippen LogP contribution in [0.1, 0.15) is 40.3 Å². The van der Waals surface area contributed by atoms with Gasteiger partial charge in [0.15, 0.2) is 6.29 Å². The zero-order chi connectivity index (χ0) is 13.3. The van der Waals surface area contributed by atoms with Crippen LogP contribution in [0.5, 0.6) is 0 Å². The van der Waals surface area contributed by atoms with E-state index in [1.165, 1.54) is 12.1 Å². The Labute approximate surface area is 106 Å². The fourth-order valence-electron chi connectivity index (χ4n) is 2.43. The molecule has 0 saturated heterocycles. The van der Waals surface area contributed by atoms with Crippen molar-refractivity contribution in [1.29, 1.82) is 0 Å². The van der Waals surface area contributed by atoms with Gasteiger partial charge in [0.2, 0.25) is 0 Å². The lowest BCUT2D eigenvalue weighted by Crippen LogP contribution is -2.10. The third-order valence-corrected chi connectivity index (χ3v) is 3.37. The minimum absolute atomic E-state index is 0.00870. The summed E-state index contributed by atoms with van der Waals surface area (Å²) in [5, 5.41) is 0. The van der Waals surface area contributed by atoms with Crippen molar-refractivity contribution < 1.29 is 9.18 Å². The summed E-state index contributed by atoms with van der Waals surface area (Å²) in [4.78, 5) is 10.9. The Kier molecular flexibility index (Phi) is 3.32. The van der Waals surface area contributed by atoms with E-state index >= 15 is 0 Å². The van der Waals surface area contributed by atoms with Crippen molar-refractivity contribution in [3.63, 3.8) is 0 Å². The summed E-state index contributed by atoms with van der Waals surface area (Å²) in [7, 11) is 0. The highest BCUT2D eigenvalue weighted by molar-refractivity contribution is 5.77. The van der Waals surface area contributed by atoms with E-state index in [2.05, 4.69) is 4.57 Å². The van der Waals surface area contributed by atoms with Gasteiger partial charge in [-0.2, -0.15) is 0 Å². The number of benzene rings is 1. The summed E-state index contributed by atoms with van der Waals surface area (Å²) in [6.45, 7) is 5.87. The van der Waals surface area contributed by atoms with Crippen molar-refractivity contribution in [1.82, 2.24) is 4.57 Å². The minimum atomic E-state index is -0.238. The lowest BCUT2D eigenvalue weighted by molar-refractivity contribution is 0.112. The first-order valence-corrected chi connectivity index (χ1v) is 5.93. The lowest BCUT2D eigenvalue weighted by atomic mass is 10.1. The topological polar surface area (TPSA) is 22.0 Å². The molecule has 0 aliphatic rings. The molecule has 0 bridgehead atoms. The van der Waals surface area contributed by atoms with Gasteiger partial charge in [0.05, 0.1) is 6.04 Å². The quantitative estimate of drug-likeness (QED) is 0.756. The number of nitrogens with zero attached hydrogens (tertiary/aromatic N) is 1. The Bertz CT molecular complexity index is 586. The largest absolute Gasteiger partial charge is 0.341 e. The van der Waals surface area contributed by atoms with E-state index in [0.29, 0.717) is 5.56 Å². The Balaban J connectivity index is 2.49. The zero-order valence-electron chi connectivity index (χ0n) is 10.8. The molecule has 94 valence electrons. The van der Waals surface area contributed by atoms with Gasteiger partial charge in [-0.05, 0) is 44.5 Å². The van der Waals surface area contributed by atoms with Gasteiger partial charge >= 0.3 is 0 Å². The van der Waals surface area contributed by atoms with Gasteiger partial charge in [-0.3, -0.25) is 4.79 Å². The molecular weight excluding hydrogens is 229 g/mol. The fourth-order valence-corrected chi connectivity index (χ4v) is 2.43. The number of carbonyl (C=O) groups is 1. The summed E-state index contributed by atoms with van der Waals surface area (Å²) in [6, 6.07) is 8.43. The average molecular weight is 245 g/mol. The monoisotopic (exact) mass is 245 g/mol. The number of hydrogen-bond donors (Lipinski definition) is 0.